The molecule has 1 heterocycles. The molecular formula is C20H21FN4OS2. The van der Waals surface area contributed by atoms with E-state index in [2.05, 4.69) is 33.0 Å². The predicted molar refractivity (Wildman–Crippen MR) is 113 cm³/mol. The molecule has 0 fully saturated rings. The van der Waals surface area contributed by atoms with Crippen LogP contribution in [0, 0.1) is 5.82 Å². The topological polar surface area (TPSA) is 66.9 Å². The van der Waals surface area contributed by atoms with Gasteiger partial charge in [0.05, 0.1) is 11.4 Å². The number of halogens is 1. The van der Waals surface area contributed by atoms with Crippen molar-refractivity contribution < 1.29 is 9.18 Å². The average Bonchev–Trinajstić information content (AvgIpc) is 3.15. The summed E-state index contributed by atoms with van der Waals surface area (Å²) in [6, 6.07) is 16.7. The zero-order valence-electron chi connectivity index (χ0n) is 15.4. The van der Waals surface area contributed by atoms with Crippen molar-refractivity contribution in [2.24, 2.45) is 0 Å². The summed E-state index contributed by atoms with van der Waals surface area (Å²) in [6.07, 6.45) is 1.81. The van der Waals surface area contributed by atoms with E-state index in [4.69, 9.17) is 0 Å². The first-order valence-corrected chi connectivity index (χ1v) is 10.7. The quantitative estimate of drug-likeness (QED) is 0.497. The fourth-order valence-electron chi connectivity index (χ4n) is 2.54. The highest BCUT2D eigenvalue weighted by molar-refractivity contribution is 8.01. The molecule has 1 amide bonds. The number of carbonyl (C=O) groups is 1. The lowest BCUT2D eigenvalue weighted by molar-refractivity contribution is -0.119. The lowest BCUT2D eigenvalue weighted by atomic mass is 10.1. The smallest absolute Gasteiger partial charge is 0.230 e. The Labute approximate surface area is 171 Å². The molecule has 28 heavy (non-hydrogen) atoms. The van der Waals surface area contributed by atoms with Crippen LogP contribution in [0.25, 0.3) is 0 Å². The van der Waals surface area contributed by atoms with Crippen molar-refractivity contribution in [1.82, 2.24) is 15.5 Å². The lowest BCUT2D eigenvalue weighted by Crippen LogP contribution is -2.34. The summed E-state index contributed by atoms with van der Waals surface area (Å²) in [6.45, 7) is 2.01. The van der Waals surface area contributed by atoms with Gasteiger partial charge in [-0.2, -0.15) is 0 Å². The normalized spacial score (nSPS) is 11.8. The van der Waals surface area contributed by atoms with Crippen LogP contribution in [0.3, 0.4) is 0 Å². The number of aryl methyl sites for hydroxylation is 1. The van der Waals surface area contributed by atoms with E-state index in [0.29, 0.717) is 15.2 Å². The van der Waals surface area contributed by atoms with Crippen LogP contribution in [-0.2, 0) is 11.2 Å². The number of amides is 1. The van der Waals surface area contributed by atoms with E-state index >= 15 is 0 Å². The van der Waals surface area contributed by atoms with Crippen molar-refractivity contribution in [3.8, 4) is 0 Å². The van der Waals surface area contributed by atoms with Crippen molar-refractivity contribution in [2.75, 3.05) is 11.1 Å². The van der Waals surface area contributed by atoms with E-state index in [1.165, 1.54) is 34.7 Å². The number of thioether (sulfide) groups is 1. The van der Waals surface area contributed by atoms with Crippen molar-refractivity contribution in [3.63, 3.8) is 0 Å². The maximum absolute atomic E-state index is 13.7. The average molecular weight is 417 g/mol. The molecule has 8 heteroatoms. The lowest BCUT2D eigenvalue weighted by Gasteiger charge is -2.13. The zero-order chi connectivity index (χ0) is 19.8. The van der Waals surface area contributed by atoms with E-state index in [9.17, 15) is 9.18 Å². The Morgan fingerprint density at radius 1 is 1.14 bits per heavy atom. The van der Waals surface area contributed by atoms with Crippen LogP contribution in [0.2, 0.25) is 0 Å². The van der Waals surface area contributed by atoms with Gasteiger partial charge in [0.1, 0.15) is 5.82 Å². The Morgan fingerprint density at radius 2 is 1.89 bits per heavy atom. The van der Waals surface area contributed by atoms with Gasteiger partial charge in [-0.3, -0.25) is 4.79 Å². The molecule has 0 spiro atoms. The second-order valence-electron chi connectivity index (χ2n) is 6.26. The number of benzene rings is 2. The molecule has 3 aromatic rings. The molecule has 2 N–H and O–H groups in total. The monoisotopic (exact) mass is 416 g/mol. The van der Waals surface area contributed by atoms with Gasteiger partial charge in [-0.1, -0.05) is 65.6 Å². The van der Waals surface area contributed by atoms with Crippen LogP contribution in [0.1, 0.15) is 18.9 Å². The van der Waals surface area contributed by atoms with Gasteiger partial charge < -0.3 is 10.6 Å². The van der Waals surface area contributed by atoms with E-state index in [-0.39, 0.29) is 23.5 Å². The van der Waals surface area contributed by atoms with Crippen molar-refractivity contribution >= 4 is 39.8 Å². The summed E-state index contributed by atoms with van der Waals surface area (Å²) in [4.78, 5) is 12.1. The highest BCUT2D eigenvalue weighted by Crippen LogP contribution is 2.28. The Morgan fingerprint density at radius 3 is 2.68 bits per heavy atom. The molecule has 2 aromatic carbocycles. The van der Waals surface area contributed by atoms with E-state index in [1.54, 1.807) is 18.2 Å². The largest absolute Gasteiger partial charge is 0.353 e. The number of rotatable bonds is 9. The first-order valence-electron chi connectivity index (χ1n) is 8.91. The summed E-state index contributed by atoms with van der Waals surface area (Å²) in [5.74, 6) is -0.121. The fraction of sp³-hybridized carbons (Fsp3) is 0.250. The third kappa shape index (κ3) is 6.31. The van der Waals surface area contributed by atoms with Crippen LogP contribution < -0.4 is 10.6 Å². The second kappa shape index (κ2) is 10.2. The minimum Gasteiger partial charge on any atom is -0.353 e. The predicted octanol–water partition coefficient (Wildman–Crippen LogP) is 4.65. The molecule has 1 atom stereocenters. The minimum atomic E-state index is -0.351. The summed E-state index contributed by atoms with van der Waals surface area (Å²) in [7, 11) is 0. The van der Waals surface area contributed by atoms with Crippen molar-refractivity contribution in [3.05, 3.63) is 66.0 Å². The summed E-state index contributed by atoms with van der Waals surface area (Å²) >= 11 is 2.61. The fourth-order valence-corrected chi connectivity index (χ4v) is 4.12. The molecule has 146 valence electrons. The highest BCUT2D eigenvalue weighted by atomic mass is 32.2. The maximum Gasteiger partial charge on any atom is 0.230 e. The van der Waals surface area contributed by atoms with Crippen LogP contribution in [0.15, 0.2) is 58.9 Å². The van der Waals surface area contributed by atoms with Gasteiger partial charge in [-0.05, 0) is 37.5 Å². The van der Waals surface area contributed by atoms with Crippen molar-refractivity contribution in [1.29, 1.82) is 0 Å². The molecular weight excluding hydrogens is 395 g/mol. The third-order valence-corrected chi connectivity index (χ3v) is 5.94. The second-order valence-corrected chi connectivity index (χ2v) is 8.46. The van der Waals surface area contributed by atoms with E-state index in [1.807, 2.05) is 25.1 Å². The van der Waals surface area contributed by atoms with Gasteiger partial charge in [0.15, 0.2) is 4.34 Å². The minimum absolute atomic E-state index is 0.0376. The zero-order valence-corrected chi connectivity index (χ0v) is 17.0. The molecule has 0 aliphatic heterocycles. The van der Waals surface area contributed by atoms with E-state index < -0.39 is 0 Å². The molecule has 0 saturated heterocycles. The number of hydrogen-bond acceptors (Lipinski definition) is 6. The first kappa shape index (κ1) is 20.3. The number of para-hydroxylation sites is 1. The summed E-state index contributed by atoms with van der Waals surface area (Å²) < 4.78 is 14.3. The summed E-state index contributed by atoms with van der Waals surface area (Å²) in [5, 5.41) is 14.4. The van der Waals surface area contributed by atoms with Crippen LogP contribution in [-0.4, -0.2) is 27.9 Å². The molecule has 1 aromatic heterocycles. The molecule has 1 unspecified atom stereocenters. The first-order chi connectivity index (χ1) is 13.6. The molecule has 0 aliphatic rings. The summed E-state index contributed by atoms with van der Waals surface area (Å²) in [5.41, 5.74) is 1.61. The van der Waals surface area contributed by atoms with E-state index in [0.717, 1.165) is 12.8 Å². The Balaban J connectivity index is 1.41. The van der Waals surface area contributed by atoms with Gasteiger partial charge in [0.25, 0.3) is 0 Å². The number of nitrogens with zero attached hydrogens (tertiary/aromatic N) is 2. The number of anilines is 2. The standard InChI is InChI=1S/C20H21FN4OS2/c1-14(11-12-15-7-3-2-4-8-15)22-18(26)13-27-20-25-24-19(28-20)23-17-10-6-5-9-16(17)21/h2-10,14H,11-13H2,1H3,(H,22,26)(H,23,24). The Hall–Kier alpha value is -2.45. The number of carbonyl (C=O) groups excluding carboxylic acids is 1. The van der Waals surface area contributed by atoms with Crippen LogP contribution in [0.4, 0.5) is 15.2 Å². The molecule has 0 saturated carbocycles. The van der Waals surface area contributed by atoms with Gasteiger partial charge in [0.2, 0.25) is 11.0 Å². The molecule has 5 nitrogen and oxygen atoms in total. The highest BCUT2D eigenvalue weighted by Gasteiger charge is 2.11. The van der Waals surface area contributed by atoms with Crippen LogP contribution in [0.5, 0.6) is 0 Å². The number of nitrogens with one attached hydrogen (secondary N) is 2. The van der Waals surface area contributed by atoms with Gasteiger partial charge in [0, 0.05) is 6.04 Å². The molecule has 0 radical (unpaired) electrons. The van der Waals surface area contributed by atoms with Crippen LogP contribution >= 0.6 is 23.1 Å². The number of aromatic nitrogens is 2. The molecule has 0 bridgehead atoms. The van der Waals surface area contributed by atoms with Crippen molar-refractivity contribution in [2.45, 2.75) is 30.1 Å². The third-order valence-electron chi connectivity index (χ3n) is 3.96. The molecule has 3 rings (SSSR count). The van der Waals surface area contributed by atoms with Gasteiger partial charge >= 0.3 is 0 Å². The maximum atomic E-state index is 13.7. The SMILES string of the molecule is CC(CCc1ccccc1)NC(=O)CSc1nnc(Nc2ccccc2F)s1. The van der Waals surface area contributed by atoms with Gasteiger partial charge in [-0.25, -0.2) is 4.39 Å². The molecule has 0 aliphatic carbocycles. The number of hydrogen-bond donors (Lipinski definition) is 2. The Kier molecular flexibility index (Phi) is 7.39. The van der Waals surface area contributed by atoms with Gasteiger partial charge in [-0.15, -0.1) is 10.2 Å². The Bertz CT molecular complexity index is 904.